The van der Waals surface area contributed by atoms with E-state index < -0.39 is 0 Å². The van der Waals surface area contributed by atoms with Crippen LogP contribution in [0.1, 0.15) is 5.82 Å². The summed E-state index contributed by atoms with van der Waals surface area (Å²) in [5, 5.41) is 0. The number of aromatic nitrogens is 2. The van der Waals surface area contributed by atoms with E-state index in [1.807, 2.05) is 35.0 Å². The molecule has 10 heavy (non-hydrogen) atoms. The minimum absolute atomic E-state index is 0.788. The van der Waals surface area contributed by atoms with Gasteiger partial charge < -0.3 is 4.40 Å². The lowest BCUT2D eigenvalue weighted by Gasteiger charge is -1.91. The highest BCUT2D eigenvalue weighted by Gasteiger charge is 1.93. The highest BCUT2D eigenvalue weighted by atomic mass is 15.0. The maximum Gasteiger partial charge on any atom is 0.113 e. The lowest BCUT2D eigenvalue weighted by atomic mass is 10.4. The van der Waals surface area contributed by atoms with Crippen LogP contribution in [0, 0.1) is 6.92 Å². The lowest BCUT2D eigenvalue weighted by Crippen LogP contribution is -1.84. The van der Waals surface area contributed by atoms with Crippen LogP contribution in [-0.4, -0.2) is 9.38 Å². The second-order valence-electron chi connectivity index (χ2n) is 2.17. The first kappa shape index (κ1) is 5.47. The van der Waals surface area contributed by atoms with E-state index in [4.69, 9.17) is 0 Å². The normalized spacial score (nSPS) is 10.5. The van der Waals surface area contributed by atoms with Crippen molar-refractivity contribution >= 4 is 5.52 Å². The van der Waals surface area contributed by atoms with Crippen LogP contribution in [-0.2, 0) is 0 Å². The highest BCUT2D eigenvalue weighted by molar-refractivity contribution is 5.45. The van der Waals surface area contributed by atoms with Gasteiger partial charge >= 0.3 is 0 Å². The standard InChI is InChI=1S/C8H7N2/c1-7-9-6-8-4-2-3-5-10(7)8/h2-6H,1H2. The summed E-state index contributed by atoms with van der Waals surface area (Å²) in [5.41, 5.74) is 1.09. The lowest BCUT2D eigenvalue weighted by molar-refractivity contribution is 1.10. The van der Waals surface area contributed by atoms with Crippen molar-refractivity contribution in [2.75, 3.05) is 0 Å². The van der Waals surface area contributed by atoms with E-state index in [1.165, 1.54) is 0 Å². The van der Waals surface area contributed by atoms with Crippen LogP contribution in [0.5, 0.6) is 0 Å². The van der Waals surface area contributed by atoms with E-state index in [0.717, 1.165) is 11.3 Å². The minimum Gasteiger partial charge on any atom is -0.304 e. The molecule has 0 fully saturated rings. The first-order chi connectivity index (χ1) is 4.88. The van der Waals surface area contributed by atoms with Gasteiger partial charge in [-0.2, -0.15) is 0 Å². The van der Waals surface area contributed by atoms with Crippen molar-refractivity contribution in [1.29, 1.82) is 0 Å². The van der Waals surface area contributed by atoms with Gasteiger partial charge in [0.15, 0.2) is 0 Å². The monoisotopic (exact) mass is 131 g/mol. The molecule has 0 atom stereocenters. The summed E-state index contributed by atoms with van der Waals surface area (Å²) in [6, 6.07) is 5.95. The molecule has 49 valence electrons. The molecule has 2 heteroatoms. The third-order valence-electron chi connectivity index (χ3n) is 1.52. The number of imidazole rings is 1. The first-order valence-corrected chi connectivity index (χ1v) is 3.12. The summed E-state index contributed by atoms with van der Waals surface area (Å²) in [6.07, 6.45) is 3.76. The van der Waals surface area contributed by atoms with Gasteiger partial charge in [0.1, 0.15) is 5.82 Å². The summed E-state index contributed by atoms with van der Waals surface area (Å²) in [7, 11) is 0. The molecule has 0 aromatic carbocycles. The zero-order chi connectivity index (χ0) is 6.97. The van der Waals surface area contributed by atoms with Gasteiger partial charge in [0.25, 0.3) is 0 Å². The number of pyridine rings is 1. The van der Waals surface area contributed by atoms with Crippen LogP contribution in [0.15, 0.2) is 30.6 Å². The number of hydrogen-bond acceptors (Lipinski definition) is 1. The Bertz CT molecular complexity index is 349. The van der Waals surface area contributed by atoms with Crippen molar-refractivity contribution in [2.24, 2.45) is 0 Å². The minimum atomic E-state index is 0.788. The fourth-order valence-electron chi connectivity index (χ4n) is 0.999. The Balaban J connectivity index is 2.93. The van der Waals surface area contributed by atoms with Gasteiger partial charge in [0.05, 0.1) is 11.7 Å². The average molecular weight is 131 g/mol. The Morgan fingerprint density at radius 2 is 2.30 bits per heavy atom. The smallest absolute Gasteiger partial charge is 0.113 e. The van der Waals surface area contributed by atoms with Crippen molar-refractivity contribution in [1.82, 2.24) is 9.38 Å². The second kappa shape index (κ2) is 1.84. The Hall–Kier alpha value is -1.31. The molecule has 0 saturated carbocycles. The van der Waals surface area contributed by atoms with Crippen LogP contribution < -0.4 is 0 Å². The zero-order valence-electron chi connectivity index (χ0n) is 5.49. The summed E-state index contributed by atoms with van der Waals surface area (Å²) in [5.74, 6) is 0.788. The number of rotatable bonds is 0. The Morgan fingerprint density at radius 1 is 1.40 bits per heavy atom. The van der Waals surface area contributed by atoms with Crippen molar-refractivity contribution < 1.29 is 0 Å². The van der Waals surface area contributed by atoms with Gasteiger partial charge in [0, 0.05) is 13.1 Å². The number of nitrogens with zero attached hydrogens (tertiary/aromatic N) is 2. The van der Waals surface area contributed by atoms with Crippen LogP contribution in [0.4, 0.5) is 0 Å². The fraction of sp³-hybridized carbons (Fsp3) is 0. The van der Waals surface area contributed by atoms with Crippen LogP contribution in [0.3, 0.4) is 0 Å². The number of fused-ring (bicyclic) bond motifs is 1. The highest BCUT2D eigenvalue weighted by Crippen LogP contribution is 2.03. The Labute approximate surface area is 59.1 Å². The summed E-state index contributed by atoms with van der Waals surface area (Å²) in [6.45, 7) is 3.76. The van der Waals surface area contributed by atoms with Gasteiger partial charge in [-0.05, 0) is 12.1 Å². The molecule has 0 aliphatic carbocycles. The molecule has 0 bridgehead atoms. The summed E-state index contributed by atoms with van der Waals surface area (Å²) < 4.78 is 1.94. The van der Waals surface area contributed by atoms with Gasteiger partial charge in [-0.25, -0.2) is 4.98 Å². The molecule has 0 spiro atoms. The quantitative estimate of drug-likeness (QED) is 0.529. The second-order valence-corrected chi connectivity index (χ2v) is 2.17. The van der Waals surface area contributed by atoms with E-state index in [2.05, 4.69) is 11.9 Å². The molecule has 0 amide bonds. The third kappa shape index (κ3) is 0.620. The molecule has 2 heterocycles. The Kier molecular flexibility index (Phi) is 1.01. The van der Waals surface area contributed by atoms with Crippen LogP contribution >= 0.6 is 0 Å². The van der Waals surface area contributed by atoms with Crippen molar-refractivity contribution in [3.8, 4) is 0 Å². The van der Waals surface area contributed by atoms with Crippen LogP contribution in [0.25, 0.3) is 5.52 Å². The first-order valence-electron chi connectivity index (χ1n) is 3.12. The average Bonchev–Trinajstić information content (AvgIpc) is 2.34. The summed E-state index contributed by atoms with van der Waals surface area (Å²) in [4.78, 5) is 4.05. The maximum atomic E-state index is 4.05. The molecule has 2 rings (SSSR count). The van der Waals surface area contributed by atoms with E-state index in [-0.39, 0.29) is 0 Å². The third-order valence-corrected chi connectivity index (χ3v) is 1.52. The summed E-state index contributed by atoms with van der Waals surface area (Å²) >= 11 is 0. The molecule has 2 nitrogen and oxygen atoms in total. The maximum absolute atomic E-state index is 4.05. The molecule has 2 aromatic rings. The van der Waals surface area contributed by atoms with Crippen molar-refractivity contribution in [3.63, 3.8) is 0 Å². The molecular weight excluding hydrogens is 124 g/mol. The molecule has 0 aliphatic heterocycles. The largest absolute Gasteiger partial charge is 0.304 e. The fourth-order valence-corrected chi connectivity index (χ4v) is 0.999. The molecule has 0 N–H and O–H groups in total. The van der Waals surface area contributed by atoms with Gasteiger partial charge in [-0.1, -0.05) is 6.07 Å². The molecular formula is C8H7N2. The molecule has 0 aliphatic rings. The van der Waals surface area contributed by atoms with E-state index in [1.54, 1.807) is 0 Å². The predicted octanol–water partition coefficient (Wildman–Crippen LogP) is 1.52. The molecule has 0 saturated heterocycles. The van der Waals surface area contributed by atoms with E-state index in [0.29, 0.717) is 0 Å². The Morgan fingerprint density at radius 3 is 3.10 bits per heavy atom. The zero-order valence-corrected chi connectivity index (χ0v) is 5.49. The van der Waals surface area contributed by atoms with E-state index >= 15 is 0 Å². The van der Waals surface area contributed by atoms with Crippen LogP contribution in [0.2, 0.25) is 0 Å². The van der Waals surface area contributed by atoms with Crippen molar-refractivity contribution in [2.45, 2.75) is 0 Å². The van der Waals surface area contributed by atoms with E-state index in [9.17, 15) is 0 Å². The molecule has 1 radical (unpaired) electrons. The molecule has 2 aromatic heterocycles. The SMILES string of the molecule is [CH2]c1ncc2ccccn12. The topological polar surface area (TPSA) is 17.3 Å². The molecule has 0 unspecified atom stereocenters. The predicted molar refractivity (Wildman–Crippen MR) is 39.7 cm³/mol. The van der Waals surface area contributed by atoms with Gasteiger partial charge in [-0.3, -0.25) is 0 Å². The van der Waals surface area contributed by atoms with Crippen molar-refractivity contribution in [3.05, 3.63) is 43.3 Å². The van der Waals surface area contributed by atoms with Gasteiger partial charge in [-0.15, -0.1) is 0 Å². The van der Waals surface area contributed by atoms with Gasteiger partial charge in [0.2, 0.25) is 0 Å². The number of hydrogen-bond donors (Lipinski definition) is 0.